The van der Waals surface area contributed by atoms with Gasteiger partial charge in [-0.1, -0.05) is 77.3 Å². The number of likely N-dealkylation sites (tertiary alicyclic amines) is 2. The van der Waals surface area contributed by atoms with Crippen molar-refractivity contribution in [2.75, 3.05) is 104 Å². The second-order valence-electron chi connectivity index (χ2n) is 21.1. The van der Waals surface area contributed by atoms with E-state index in [0.717, 1.165) is 11.1 Å². The van der Waals surface area contributed by atoms with Crippen LogP contribution in [0.5, 0.6) is 23.0 Å². The lowest BCUT2D eigenvalue weighted by Crippen LogP contribution is -2.46. The molecular formula is C60H82N4O16Si. The Labute approximate surface area is 477 Å². The van der Waals surface area contributed by atoms with Crippen molar-refractivity contribution in [3.05, 3.63) is 120 Å². The normalized spacial score (nSPS) is 15.2. The van der Waals surface area contributed by atoms with E-state index in [4.69, 9.17) is 47.1 Å². The van der Waals surface area contributed by atoms with Gasteiger partial charge in [0.25, 0.3) is 11.8 Å². The van der Waals surface area contributed by atoms with Crippen molar-refractivity contribution in [1.29, 1.82) is 0 Å². The molecule has 2 saturated heterocycles. The van der Waals surface area contributed by atoms with Crippen LogP contribution in [0, 0.1) is 6.92 Å². The van der Waals surface area contributed by atoms with Gasteiger partial charge in [-0.05, 0) is 91.3 Å². The maximum Gasteiger partial charge on any atom is 0.411 e. The van der Waals surface area contributed by atoms with Crippen molar-refractivity contribution in [1.82, 2.24) is 9.80 Å². The Morgan fingerprint density at radius 3 is 1.70 bits per heavy atom. The fourth-order valence-corrected chi connectivity index (χ4v) is 9.59. The summed E-state index contributed by atoms with van der Waals surface area (Å²) in [6, 6.07) is 11.5. The average molecular weight is 1140 g/mol. The van der Waals surface area contributed by atoms with Gasteiger partial charge in [-0.3, -0.25) is 20.2 Å². The number of carbonyl (C=O) groups excluding carboxylic acids is 5. The summed E-state index contributed by atoms with van der Waals surface area (Å²) in [5.74, 6) is 0.179. The Morgan fingerprint density at radius 2 is 1.17 bits per heavy atom. The Kier molecular flexibility index (Phi) is 24.9. The molecule has 2 heterocycles. The molecule has 2 fully saturated rings. The van der Waals surface area contributed by atoms with Gasteiger partial charge in [0.2, 0.25) is 0 Å². The summed E-state index contributed by atoms with van der Waals surface area (Å²) in [4.78, 5) is 69.7. The quantitative estimate of drug-likeness (QED) is 0.0201. The SMILES string of the molecule is C=CCOC(=O)Nc1cc(OCc2cc(COc3cc(NC(=O)OCC=C)c(C(=O)N4CC(=C)CC4CO[Si](C)(C)C(C)(C)C)cc3C)cc(OCCOCCOCCOCC(=O)OC)c2)c(OC)cc1C(=O)N1CC(=C)CC1CC. The van der Waals surface area contributed by atoms with Gasteiger partial charge in [-0.25, -0.2) is 14.4 Å². The number of anilines is 2. The van der Waals surface area contributed by atoms with E-state index >= 15 is 0 Å². The number of methoxy groups -OCH3 is 2. The van der Waals surface area contributed by atoms with Crippen LogP contribution >= 0.6 is 0 Å². The predicted molar refractivity (Wildman–Crippen MR) is 310 cm³/mol. The first-order valence-electron chi connectivity index (χ1n) is 27.0. The molecule has 20 nitrogen and oxygen atoms in total. The Hall–Kier alpha value is -7.17. The number of nitrogens with one attached hydrogen (secondary N) is 2. The summed E-state index contributed by atoms with van der Waals surface area (Å²) in [7, 11) is 0.587. The highest BCUT2D eigenvalue weighted by atomic mass is 28.4. The van der Waals surface area contributed by atoms with Crippen LogP contribution in [0.1, 0.15) is 84.4 Å². The number of benzene rings is 3. The number of hydrogen-bond donors (Lipinski definition) is 2. The minimum Gasteiger partial charge on any atom is -0.493 e. The highest BCUT2D eigenvalue weighted by Gasteiger charge is 2.40. The van der Waals surface area contributed by atoms with Gasteiger partial charge in [-0.2, -0.15) is 0 Å². The van der Waals surface area contributed by atoms with Gasteiger partial charge in [-0.15, -0.1) is 0 Å². The molecule has 2 atom stereocenters. The summed E-state index contributed by atoms with van der Waals surface area (Å²) >= 11 is 0. The molecule has 21 heteroatoms. The van der Waals surface area contributed by atoms with E-state index < -0.39 is 26.5 Å². The van der Waals surface area contributed by atoms with E-state index in [2.05, 4.69) is 75.6 Å². The van der Waals surface area contributed by atoms with Crippen LogP contribution in [-0.2, 0) is 50.9 Å². The molecule has 5 rings (SSSR count). The van der Waals surface area contributed by atoms with Crippen molar-refractivity contribution < 1.29 is 75.8 Å². The molecule has 2 aliphatic rings. The number of carbonyl (C=O) groups is 5. The molecule has 0 bridgehead atoms. The number of rotatable bonds is 31. The first-order chi connectivity index (χ1) is 38.6. The molecule has 2 N–H and O–H groups in total. The fourth-order valence-electron chi connectivity index (χ4n) is 8.55. The van der Waals surface area contributed by atoms with Crippen molar-refractivity contribution in [2.24, 2.45) is 0 Å². The Bertz CT molecular complexity index is 2720. The predicted octanol–water partition coefficient (Wildman–Crippen LogP) is 10.2. The van der Waals surface area contributed by atoms with Gasteiger partial charge in [0.1, 0.15) is 51.1 Å². The van der Waals surface area contributed by atoms with Crippen LogP contribution in [-0.4, -0.2) is 154 Å². The van der Waals surface area contributed by atoms with E-state index in [-0.39, 0.29) is 136 Å². The van der Waals surface area contributed by atoms with Gasteiger partial charge in [0, 0.05) is 31.3 Å². The largest absolute Gasteiger partial charge is 0.493 e. The lowest BCUT2D eigenvalue weighted by atomic mass is 10.1. The van der Waals surface area contributed by atoms with Crippen molar-refractivity contribution in [2.45, 2.75) is 97.3 Å². The number of hydrogen-bond acceptors (Lipinski definition) is 16. The summed E-state index contributed by atoms with van der Waals surface area (Å²) in [6.45, 7) is 32.4. The summed E-state index contributed by atoms with van der Waals surface area (Å²) in [5, 5.41) is 5.44. The van der Waals surface area contributed by atoms with Gasteiger partial charge in [0.05, 0.1) is 82.4 Å². The van der Waals surface area contributed by atoms with Gasteiger partial charge >= 0.3 is 18.2 Å². The molecule has 4 amide bonds. The standard InChI is InChI=1S/C60H82N4O16Si/c1-14-17-76-58(68)61-50-32-52(42(6)27-48(50)56(66)64-35-41(5)26-46(64)38-80-81(12,13)60(7,8)9)78-36-43-28-44(30-47(29-43)75-24-23-73-20-19-72-21-22-74-39-55(65)71-11)37-79-54-33-51(62-59(69)77-18-15-2)49(31-53(54)70-10)57(67)63-34-40(4)25-45(63)16-3/h14-15,27-33,45-46H,1-2,4-5,16-26,34-39H2,3,6-13H3,(H,61,68)(H,62,69). The Balaban J connectivity index is 1.42. The highest BCUT2D eigenvalue weighted by Crippen LogP contribution is 2.40. The topological polar surface area (TPSA) is 217 Å². The van der Waals surface area contributed by atoms with E-state index in [0.29, 0.717) is 67.1 Å². The summed E-state index contributed by atoms with van der Waals surface area (Å²) < 4.78 is 63.1. The summed E-state index contributed by atoms with van der Waals surface area (Å²) in [5.41, 5.74) is 4.49. The maximum absolute atomic E-state index is 14.6. The molecule has 0 radical (unpaired) electrons. The van der Waals surface area contributed by atoms with Crippen LogP contribution in [0.4, 0.5) is 21.0 Å². The lowest BCUT2D eigenvalue weighted by molar-refractivity contribution is -0.146. The van der Waals surface area contributed by atoms with E-state index in [1.54, 1.807) is 34.1 Å². The second-order valence-corrected chi connectivity index (χ2v) is 25.9. The second kappa shape index (κ2) is 31.1. The van der Waals surface area contributed by atoms with Crippen LogP contribution < -0.4 is 29.6 Å². The molecule has 0 saturated carbocycles. The molecule has 0 spiro atoms. The van der Waals surface area contributed by atoms with E-state index in [1.165, 1.54) is 38.5 Å². The molecule has 2 unspecified atom stereocenters. The monoisotopic (exact) mass is 1140 g/mol. The zero-order valence-electron chi connectivity index (χ0n) is 48.6. The molecular weight excluding hydrogens is 1060 g/mol. The van der Waals surface area contributed by atoms with E-state index in [9.17, 15) is 24.0 Å². The minimum absolute atomic E-state index is 0.00261. The fraction of sp³-hybridized carbons (Fsp3) is 0.483. The van der Waals surface area contributed by atoms with E-state index in [1.807, 2.05) is 19.9 Å². The van der Waals surface area contributed by atoms with Crippen LogP contribution in [0.15, 0.2) is 92.1 Å². The number of amides is 4. The first-order valence-corrected chi connectivity index (χ1v) is 29.9. The number of nitrogens with zero attached hydrogens (tertiary/aromatic N) is 2. The Morgan fingerprint density at radius 1 is 0.667 bits per heavy atom. The number of ether oxygens (including phenoxy) is 10. The average Bonchev–Trinajstić information content (AvgIpc) is 4.16. The lowest BCUT2D eigenvalue weighted by Gasteiger charge is -2.38. The van der Waals surface area contributed by atoms with Gasteiger partial charge < -0.3 is 61.6 Å². The zero-order chi connectivity index (χ0) is 59.3. The van der Waals surface area contributed by atoms with Crippen LogP contribution in [0.3, 0.4) is 0 Å². The molecule has 2 aliphatic heterocycles. The molecule has 442 valence electrons. The van der Waals surface area contributed by atoms with Crippen molar-refractivity contribution >= 4 is 49.7 Å². The van der Waals surface area contributed by atoms with Crippen LogP contribution in [0.25, 0.3) is 0 Å². The first kappa shape index (κ1) is 64.6. The minimum atomic E-state index is -2.16. The van der Waals surface area contributed by atoms with Crippen molar-refractivity contribution in [3.63, 3.8) is 0 Å². The summed E-state index contributed by atoms with van der Waals surface area (Å²) in [6.07, 6.45) is 3.26. The third kappa shape index (κ3) is 19.2. The smallest absolute Gasteiger partial charge is 0.411 e. The molecule has 3 aromatic carbocycles. The number of aryl methyl sites for hydroxylation is 1. The maximum atomic E-state index is 14.6. The molecule has 3 aromatic rings. The van der Waals surface area contributed by atoms with Gasteiger partial charge in [0.15, 0.2) is 19.8 Å². The third-order valence-corrected chi connectivity index (χ3v) is 18.4. The molecule has 0 aliphatic carbocycles. The third-order valence-electron chi connectivity index (χ3n) is 13.9. The molecule has 81 heavy (non-hydrogen) atoms. The number of esters is 1. The zero-order valence-corrected chi connectivity index (χ0v) is 49.6. The molecule has 0 aromatic heterocycles. The van der Waals surface area contributed by atoms with Crippen LogP contribution in [0.2, 0.25) is 18.1 Å². The highest BCUT2D eigenvalue weighted by molar-refractivity contribution is 6.74. The van der Waals surface area contributed by atoms with Crippen molar-refractivity contribution in [3.8, 4) is 23.0 Å².